The van der Waals surface area contributed by atoms with E-state index < -0.39 is 11.7 Å². The van der Waals surface area contributed by atoms with Crippen molar-refractivity contribution in [2.45, 2.75) is 37.4 Å². The van der Waals surface area contributed by atoms with Crippen molar-refractivity contribution in [1.82, 2.24) is 0 Å². The first-order valence-corrected chi connectivity index (χ1v) is 5.33. The van der Waals surface area contributed by atoms with Gasteiger partial charge in [0.25, 0.3) is 0 Å². The molecule has 0 bridgehead atoms. The number of nitrogens with two attached hydrogens (primary N) is 1. The Balaban J connectivity index is 0.00000144. The molecule has 17 heavy (non-hydrogen) atoms. The van der Waals surface area contributed by atoms with Crippen LogP contribution in [0.25, 0.3) is 0 Å². The van der Waals surface area contributed by atoms with E-state index in [-0.39, 0.29) is 23.9 Å². The van der Waals surface area contributed by atoms with Crippen molar-refractivity contribution in [3.8, 4) is 0 Å². The van der Waals surface area contributed by atoms with Crippen LogP contribution >= 0.6 is 12.4 Å². The van der Waals surface area contributed by atoms with Crippen molar-refractivity contribution in [1.29, 1.82) is 0 Å². The number of halogens is 4. The Morgan fingerprint density at radius 2 is 2.06 bits per heavy atom. The Labute approximate surface area is 105 Å². The summed E-state index contributed by atoms with van der Waals surface area (Å²) in [5.41, 5.74) is 5.83. The van der Waals surface area contributed by atoms with Crippen molar-refractivity contribution in [3.05, 3.63) is 35.4 Å². The Bertz CT molecular complexity index is 405. The van der Waals surface area contributed by atoms with Crippen LogP contribution in [0, 0.1) is 0 Å². The van der Waals surface area contributed by atoms with E-state index in [2.05, 4.69) is 0 Å². The minimum absolute atomic E-state index is 0. The molecule has 1 aromatic rings. The molecule has 2 atom stereocenters. The molecule has 2 N–H and O–H groups in total. The minimum atomic E-state index is -4.27. The molecule has 0 unspecified atom stereocenters. The van der Waals surface area contributed by atoms with E-state index in [0.717, 1.165) is 18.9 Å². The smallest absolute Gasteiger partial charge is 0.325 e. The molecule has 0 heterocycles. The topological polar surface area (TPSA) is 26.0 Å². The molecule has 1 saturated carbocycles. The zero-order valence-corrected chi connectivity index (χ0v) is 10.2. The van der Waals surface area contributed by atoms with Crippen LogP contribution in [0.5, 0.6) is 0 Å². The van der Waals surface area contributed by atoms with Gasteiger partial charge in [-0.2, -0.15) is 13.2 Å². The molecule has 1 aliphatic carbocycles. The molecule has 5 heteroatoms. The summed E-state index contributed by atoms with van der Waals surface area (Å²) >= 11 is 0. The lowest BCUT2D eigenvalue weighted by Gasteiger charge is -2.11. The van der Waals surface area contributed by atoms with Gasteiger partial charge in [-0.3, -0.25) is 0 Å². The first-order valence-electron chi connectivity index (χ1n) is 5.33. The summed E-state index contributed by atoms with van der Waals surface area (Å²) in [5, 5.41) is 0. The van der Waals surface area contributed by atoms with Crippen molar-refractivity contribution < 1.29 is 13.2 Å². The molecule has 0 radical (unpaired) electrons. The third kappa shape index (κ3) is 2.75. The lowest BCUT2D eigenvalue weighted by Crippen LogP contribution is -2.22. The maximum Gasteiger partial charge on any atom is 0.416 e. The lowest BCUT2D eigenvalue weighted by molar-refractivity contribution is -0.137. The average Bonchev–Trinajstić information content (AvgIpc) is 2.91. The third-order valence-electron chi connectivity index (χ3n) is 3.39. The summed E-state index contributed by atoms with van der Waals surface area (Å²) in [5.74, 6) is 0.0831. The summed E-state index contributed by atoms with van der Waals surface area (Å²) in [6.07, 6.45) is -2.69. The lowest BCUT2D eigenvalue weighted by atomic mass is 10.0. The highest BCUT2D eigenvalue weighted by Crippen LogP contribution is 2.51. The van der Waals surface area contributed by atoms with E-state index in [1.54, 1.807) is 6.07 Å². The predicted octanol–water partition coefficient (Wildman–Crippen LogP) is 3.72. The Morgan fingerprint density at radius 3 is 2.53 bits per heavy atom. The van der Waals surface area contributed by atoms with Crippen LogP contribution in [0.2, 0.25) is 0 Å². The fraction of sp³-hybridized carbons (Fsp3) is 0.500. The highest BCUT2D eigenvalue weighted by Gasteiger charge is 2.50. The second-order valence-electron chi connectivity index (χ2n) is 4.47. The van der Waals surface area contributed by atoms with Gasteiger partial charge in [-0.1, -0.05) is 25.1 Å². The first kappa shape index (κ1) is 14.3. The van der Waals surface area contributed by atoms with Crippen LogP contribution in [0.1, 0.15) is 36.8 Å². The van der Waals surface area contributed by atoms with Gasteiger partial charge in [0, 0.05) is 11.5 Å². The van der Waals surface area contributed by atoms with Gasteiger partial charge in [0.15, 0.2) is 0 Å². The normalized spacial score (nSPS) is 27.5. The van der Waals surface area contributed by atoms with E-state index in [9.17, 15) is 13.2 Å². The summed E-state index contributed by atoms with van der Waals surface area (Å²) in [6.45, 7) is 1.97. The molecule has 0 aliphatic heterocycles. The average molecular weight is 266 g/mol. The summed E-state index contributed by atoms with van der Waals surface area (Å²) in [6, 6.07) is 5.49. The maximum atomic E-state index is 12.5. The maximum absolute atomic E-state index is 12.5. The van der Waals surface area contributed by atoms with Crippen LogP contribution in [-0.4, -0.2) is 5.54 Å². The van der Waals surface area contributed by atoms with Crippen LogP contribution in [0.15, 0.2) is 24.3 Å². The van der Waals surface area contributed by atoms with Crippen LogP contribution < -0.4 is 5.73 Å². The molecule has 0 saturated heterocycles. The van der Waals surface area contributed by atoms with Crippen LogP contribution in [0.4, 0.5) is 13.2 Å². The van der Waals surface area contributed by atoms with Gasteiger partial charge in [-0.25, -0.2) is 0 Å². The predicted molar refractivity (Wildman–Crippen MR) is 63.3 cm³/mol. The van der Waals surface area contributed by atoms with Crippen LogP contribution in [-0.2, 0) is 6.18 Å². The number of rotatable bonds is 2. The molecule has 1 aromatic carbocycles. The molecular weight excluding hydrogens is 251 g/mol. The van der Waals surface area contributed by atoms with Crippen LogP contribution in [0.3, 0.4) is 0 Å². The minimum Gasteiger partial charge on any atom is -0.325 e. The van der Waals surface area contributed by atoms with E-state index in [4.69, 9.17) is 5.73 Å². The first-order chi connectivity index (χ1) is 7.37. The number of benzene rings is 1. The van der Waals surface area contributed by atoms with E-state index >= 15 is 0 Å². The molecule has 1 fully saturated rings. The van der Waals surface area contributed by atoms with E-state index in [1.165, 1.54) is 12.1 Å². The summed E-state index contributed by atoms with van der Waals surface area (Å²) in [7, 11) is 0. The summed E-state index contributed by atoms with van der Waals surface area (Å²) in [4.78, 5) is 0. The fourth-order valence-electron chi connectivity index (χ4n) is 2.09. The molecule has 1 aliphatic rings. The van der Waals surface area contributed by atoms with Gasteiger partial charge in [0.2, 0.25) is 0 Å². The molecule has 0 spiro atoms. The Kier molecular flexibility index (Phi) is 3.79. The summed E-state index contributed by atoms with van der Waals surface area (Å²) < 4.78 is 37.5. The Morgan fingerprint density at radius 1 is 1.41 bits per heavy atom. The second kappa shape index (κ2) is 4.50. The number of alkyl halides is 3. The van der Waals surface area contributed by atoms with E-state index in [1.807, 2.05) is 6.92 Å². The number of hydrogen-bond donors (Lipinski definition) is 1. The van der Waals surface area contributed by atoms with Crippen molar-refractivity contribution in [3.63, 3.8) is 0 Å². The molecule has 96 valence electrons. The van der Waals surface area contributed by atoms with Crippen molar-refractivity contribution >= 4 is 12.4 Å². The molecule has 0 amide bonds. The molecule has 0 aromatic heterocycles. The quantitative estimate of drug-likeness (QED) is 0.866. The Hall–Kier alpha value is -0.740. The van der Waals surface area contributed by atoms with E-state index in [0.29, 0.717) is 5.56 Å². The SMILES string of the molecule is CC[C@]1(N)C[C@@H]1c1cccc(C(F)(F)F)c1.Cl. The zero-order chi connectivity index (χ0) is 12.0. The molecule has 2 rings (SSSR count). The van der Waals surface area contributed by atoms with Gasteiger partial charge >= 0.3 is 6.18 Å². The van der Waals surface area contributed by atoms with Gasteiger partial charge in [-0.05, 0) is 24.5 Å². The number of hydrogen-bond acceptors (Lipinski definition) is 1. The zero-order valence-electron chi connectivity index (χ0n) is 9.42. The molecule has 1 nitrogen and oxygen atoms in total. The van der Waals surface area contributed by atoms with Crippen molar-refractivity contribution in [2.24, 2.45) is 5.73 Å². The standard InChI is InChI=1S/C12H14F3N.ClH/c1-2-11(16)7-10(11)8-4-3-5-9(6-8)12(13,14)15;/h3-6,10H,2,7,16H2,1H3;1H/t10-,11+;/m1./s1. The van der Waals surface area contributed by atoms with Gasteiger partial charge in [0.05, 0.1) is 5.56 Å². The highest BCUT2D eigenvalue weighted by molar-refractivity contribution is 5.85. The van der Waals surface area contributed by atoms with Gasteiger partial charge < -0.3 is 5.73 Å². The highest BCUT2D eigenvalue weighted by atomic mass is 35.5. The fourth-order valence-corrected chi connectivity index (χ4v) is 2.09. The third-order valence-corrected chi connectivity index (χ3v) is 3.39. The van der Waals surface area contributed by atoms with Crippen molar-refractivity contribution in [2.75, 3.05) is 0 Å². The van der Waals surface area contributed by atoms with Gasteiger partial charge in [-0.15, -0.1) is 12.4 Å². The monoisotopic (exact) mass is 265 g/mol. The largest absolute Gasteiger partial charge is 0.416 e. The van der Waals surface area contributed by atoms with Gasteiger partial charge in [0.1, 0.15) is 0 Å². The molecular formula is C12H15ClF3N. The second-order valence-corrected chi connectivity index (χ2v) is 4.47.